The van der Waals surface area contributed by atoms with Crippen molar-refractivity contribution in [1.29, 1.82) is 0 Å². The summed E-state index contributed by atoms with van der Waals surface area (Å²) in [5.74, 6) is 0.844. The van der Waals surface area contributed by atoms with Crippen LogP contribution >= 0.6 is 0 Å². The molecule has 0 bridgehead atoms. The molecular weight excluding hydrogens is 198 g/mol. The van der Waals surface area contributed by atoms with Gasteiger partial charge in [-0.3, -0.25) is 4.90 Å². The number of nitrogens with zero attached hydrogens (tertiary/aromatic N) is 2. The molecule has 0 radical (unpaired) electrons. The second kappa shape index (κ2) is 5.99. The van der Waals surface area contributed by atoms with Crippen LogP contribution in [0.3, 0.4) is 0 Å². The molecule has 1 unspecified atom stereocenters. The fourth-order valence-corrected chi connectivity index (χ4v) is 2.61. The number of nitrogens with two attached hydrogens (primary N) is 1. The third kappa shape index (κ3) is 3.44. The molecule has 0 saturated heterocycles. The molecule has 0 spiro atoms. The normalized spacial score (nSPS) is 20.4. The minimum Gasteiger partial charge on any atom is -0.329 e. The van der Waals surface area contributed by atoms with Gasteiger partial charge in [0, 0.05) is 12.1 Å². The lowest BCUT2D eigenvalue weighted by atomic mass is 9.93. The van der Waals surface area contributed by atoms with E-state index in [1.54, 1.807) is 0 Å². The maximum atomic E-state index is 6.00. The highest BCUT2D eigenvalue weighted by atomic mass is 15.2. The zero-order valence-corrected chi connectivity index (χ0v) is 11.5. The number of rotatable bonds is 8. The lowest BCUT2D eigenvalue weighted by Crippen LogP contribution is -2.53. The molecule has 1 aliphatic carbocycles. The second-order valence-corrected chi connectivity index (χ2v) is 5.57. The second-order valence-electron chi connectivity index (χ2n) is 5.57. The van der Waals surface area contributed by atoms with Crippen molar-refractivity contribution in [1.82, 2.24) is 9.80 Å². The van der Waals surface area contributed by atoms with Gasteiger partial charge in [0.1, 0.15) is 0 Å². The Morgan fingerprint density at radius 1 is 1.25 bits per heavy atom. The molecule has 0 heterocycles. The van der Waals surface area contributed by atoms with E-state index in [0.29, 0.717) is 0 Å². The summed E-state index contributed by atoms with van der Waals surface area (Å²) in [6.45, 7) is 8.88. The van der Waals surface area contributed by atoms with E-state index in [-0.39, 0.29) is 5.54 Å². The summed E-state index contributed by atoms with van der Waals surface area (Å²) in [5, 5.41) is 0. The highest BCUT2D eigenvalue weighted by Gasteiger charge is 2.43. The van der Waals surface area contributed by atoms with E-state index in [1.165, 1.54) is 32.4 Å². The van der Waals surface area contributed by atoms with E-state index in [9.17, 15) is 0 Å². The van der Waals surface area contributed by atoms with Crippen LogP contribution in [0.5, 0.6) is 0 Å². The molecule has 1 aliphatic rings. The van der Waals surface area contributed by atoms with Gasteiger partial charge in [0.05, 0.1) is 0 Å². The van der Waals surface area contributed by atoms with E-state index < -0.39 is 0 Å². The van der Waals surface area contributed by atoms with Gasteiger partial charge in [-0.25, -0.2) is 0 Å². The number of hydrogen-bond acceptors (Lipinski definition) is 3. The fourth-order valence-electron chi connectivity index (χ4n) is 2.61. The van der Waals surface area contributed by atoms with Crippen LogP contribution in [-0.2, 0) is 0 Å². The molecule has 3 nitrogen and oxygen atoms in total. The SMILES string of the molecule is CCN(CCCN(C)C)C(C)(CN)C1CC1. The smallest absolute Gasteiger partial charge is 0.0331 e. The van der Waals surface area contributed by atoms with Crippen molar-refractivity contribution < 1.29 is 0 Å². The quantitative estimate of drug-likeness (QED) is 0.680. The molecule has 2 N–H and O–H groups in total. The predicted molar refractivity (Wildman–Crippen MR) is 70.6 cm³/mol. The summed E-state index contributed by atoms with van der Waals surface area (Å²) in [7, 11) is 4.28. The molecular formula is C13H29N3. The van der Waals surface area contributed by atoms with Gasteiger partial charge in [-0.05, 0) is 65.8 Å². The Morgan fingerprint density at radius 2 is 1.88 bits per heavy atom. The van der Waals surface area contributed by atoms with Crippen LogP contribution in [0.2, 0.25) is 0 Å². The van der Waals surface area contributed by atoms with Gasteiger partial charge in [0.15, 0.2) is 0 Å². The first-order valence-corrected chi connectivity index (χ1v) is 6.64. The lowest BCUT2D eigenvalue weighted by Gasteiger charge is -2.41. The number of likely N-dealkylation sites (N-methyl/N-ethyl adjacent to an activating group) is 1. The Balaban J connectivity index is 2.44. The average Bonchev–Trinajstić information content (AvgIpc) is 3.07. The Kier molecular flexibility index (Phi) is 5.22. The summed E-state index contributed by atoms with van der Waals surface area (Å²) in [6.07, 6.45) is 3.99. The van der Waals surface area contributed by atoms with E-state index in [0.717, 1.165) is 19.0 Å². The van der Waals surface area contributed by atoms with E-state index in [4.69, 9.17) is 5.73 Å². The van der Waals surface area contributed by atoms with Gasteiger partial charge >= 0.3 is 0 Å². The van der Waals surface area contributed by atoms with Gasteiger partial charge in [0.25, 0.3) is 0 Å². The third-order valence-corrected chi connectivity index (χ3v) is 4.01. The molecule has 0 aromatic heterocycles. The van der Waals surface area contributed by atoms with Crippen LogP contribution < -0.4 is 5.73 Å². The first-order chi connectivity index (χ1) is 7.54. The molecule has 96 valence electrons. The first kappa shape index (κ1) is 13.9. The first-order valence-electron chi connectivity index (χ1n) is 6.64. The van der Waals surface area contributed by atoms with E-state index in [2.05, 4.69) is 37.7 Å². The van der Waals surface area contributed by atoms with E-state index >= 15 is 0 Å². The molecule has 1 atom stereocenters. The van der Waals surface area contributed by atoms with Gasteiger partial charge in [-0.15, -0.1) is 0 Å². The Hall–Kier alpha value is -0.120. The van der Waals surface area contributed by atoms with Crippen molar-refractivity contribution in [3.8, 4) is 0 Å². The Morgan fingerprint density at radius 3 is 2.25 bits per heavy atom. The van der Waals surface area contributed by atoms with Crippen LogP contribution in [-0.4, -0.2) is 55.6 Å². The van der Waals surface area contributed by atoms with E-state index in [1.807, 2.05) is 0 Å². The van der Waals surface area contributed by atoms with Gasteiger partial charge in [-0.2, -0.15) is 0 Å². The average molecular weight is 227 g/mol. The van der Waals surface area contributed by atoms with Crippen LogP contribution in [0.25, 0.3) is 0 Å². The third-order valence-electron chi connectivity index (χ3n) is 4.01. The molecule has 16 heavy (non-hydrogen) atoms. The monoisotopic (exact) mass is 227 g/mol. The van der Waals surface area contributed by atoms with Crippen molar-refractivity contribution in [2.45, 2.75) is 38.6 Å². The van der Waals surface area contributed by atoms with Crippen LogP contribution in [0.15, 0.2) is 0 Å². The summed E-state index contributed by atoms with van der Waals surface area (Å²) < 4.78 is 0. The van der Waals surface area contributed by atoms with Crippen LogP contribution in [0.4, 0.5) is 0 Å². The summed E-state index contributed by atoms with van der Waals surface area (Å²) in [4.78, 5) is 4.85. The molecule has 1 fully saturated rings. The Labute approximate surface area is 101 Å². The maximum absolute atomic E-state index is 6.00. The number of hydrogen-bond donors (Lipinski definition) is 1. The van der Waals surface area contributed by atoms with Gasteiger partial charge < -0.3 is 10.6 Å². The molecule has 0 aromatic rings. The zero-order chi connectivity index (χ0) is 12.2. The van der Waals surface area contributed by atoms with Gasteiger partial charge in [0.2, 0.25) is 0 Å². The largest absolute Gasteiger partial charge is 0.329 e. The molecule has 0 amide bonds. The zero-order valence-electron chi connectivity index (χ0n) is 11.5. The topological polar surface area (TPSA) is 32.5 Å². The summed E-state index contributed by atoms with van der Waals surface area (Å²) >= 11 is 0. The van der Waals surface area contributed by atoms with Crippen molar-refractivity contribution in [2.24, 2.45) is 11.7 Å². The highest BCUT2D eigenvalue weighted by molar-refractivity contribution is 5.00. The molecule has 3 heteroatoms. The van der Waals surface area contributed by atoms with Crippen molar-refractivity contribution in [3.05, 3.63) is 0 Å². The minimum absolute atomic E-state index is 0.251. The molecule has 1 saturated carbocycles. The van der Waals surface area contributed by atoms with Crippen LogP contribution in [0, 0.1) is 5.92 Å². The highest BCUT2D eigenvalue weighted by Crippen LogP contribution is 2.42. The van der Waals surface area contributed by atoms with Crippen LogP contribution in [0.1, 0.15) is 33.1 Å². The minimum atomic E-state index is 0.251. The standard InChI is InChI=1S/C13H29N3/c1-5-16(10-6-9-15(3)4)13(2,11-14)12-7-8-12/h12H,5-11,14H2,1-4H3. The molecule has 1 rings (SSSR count). The molecule has 0 aromatic carbocycles. The summed E-state index contributed by atoms with van der Waals surface area (Å²) in [5.41, 5.74) is 6.25. The van der Waals surface area contributed by atoms with Crippen molar-refractivity contribution in [3.63, 3.8) is 0 Å². The Bertz CT molecular complexity index is 201. The maximum Gasteiger partial charge on any atom is 0.0331 e. The van der Waals surface area contributed by atoms with Gasteiger partial charge in [-0.1, -0.05) is 6.92 Å². The molecule has 0 aliphatic heterocycles. The van der Waals surface area contributed by atoms with Crippen molar-refractivity contribution >= 4 is 0 Å². The summed E-state index contributed by atoms with van der Waals surface area (Å²) in [6, 6.07) is 0. The predicted octanol–water partition coefficient (Wildman–Crippen LogP) is 1.39. The van der Waals surface area contributed by atoms with Crippen molar-refractivity contribution in [2.75, 3.05) is 40.3 Å². The fraction of sp³-hybridized carbons (Fsp3) is 1.00. The lowest BCUT2D eigenvalue weighted by molar-refractivity contribution is 0.0912.